The lowest BCUT2D eigenvalue weighted by atomic mass is 10.2. The van der Waals surface area contributed by atoms with E-state index in [4.69, 9.17) is 9.47 Å². The van der Waals surface area contributed by atoms with Crippen molar-refractivity contribution in [3.63, 3.8) is 0 Å². The van der Waals surface area contributed by atoms with Crippen LogP contribution in [0.3, 0.4) is 0 Å². The van der Waals surface area contributed by atoms with E-state index >= 15 is 0 Å². The van der Waals surface area contributed by atoms with Crippen LogP contribution in [0.5, 0.6) is 5.75 Å². The molecule has 10 heteroatoms. The van der Waals surface area contributed by atoms with Crippen LogP contribution in [0.1, 0.15) is 15.4 Å². The zero-order valence-corrected chi connectivity index (χ0v) is 16.9. The zero-order chi connectivity index (χ0) is 21.1. The summed E-state index contributed by atoms with van der Waals surface area (Å²) in [5, 5.41) is 11.2. The van der Waals surface area contributed by atoms with Crippen LogP contribution in [-0.2, 0) is 9.53 Å². The van der Waals surface area contributed by atoms with E-state index in [0.29, 0.717) is 27.6 Å². The number of aromatic amines is 1. The smallest absolute Gasteiger partial charge is 0.338 e. The number of hydrogen-bond donors (Lipinski definition) is 2. The Labute approximate surface area is 175 Å². The molecular formula is C20H17N5O4S. The van der Waals surface area contributed by atoms with E-state index < -0.39 is 18.5 Å². The second-order valence-corrected chi connectivity index (χ2v) is 7.48. The van der Waals surface area contributed by atoms with Crippen molar-refractivity contribution < 1.29 is 19.1 Å². The number of H-pyrrole nitrogens is 1. The van der Waals surface area contributed by atoms with Gasteiger partial charge in [0.25, 0.3) is 5.91 Å². The predicted octanol–water partition coefficient (Wildman–Crippen LogP) is 3.19. The Morgan fingerprint density at radius 2 is 1.93 bits per heavy atom. The Hall–Kier alpha value is -3.79. The van der Waals surface area contributed by atoms with E-state index in [1.165, 1.54) is 11.3 Å². The molecule has 0 bridgehead atoms. The van der Waals surface area contributed by atoms with Crippen LogP contribution in [0.4, 0.5) is 5.13 Å². The number of nitrogens with one attached hydrogen (secondary N) is 2. The first-order valence-electron chi connectivity index (χ1n) is 8.93. The van der Waals surface area contributed by atoms with Crippen LogP contribution < -0.4 is 10.1 Å². The molecule has 0 aliphatic heterocycles. The number of amides is 1. The van der Waals surface area contributed by atoms with Crippen molar-refractivity contribution in [2.24, 2.45) is 0 Å². The number of anilines is 1. The number of esters is 1. The summed E-state index contributed by atoms with van der Waals surface area (Å²) in [5.74, 6) is 0.333. The number of benzene rings is 2. The molecule has 0 fully saturated rings. The number of carbonyl (C=O) groups is 2. The highest BCUT2D eigenvalue weighted by atomic mass is 32.1. The molecule has 0 aliphatic rings. The molecule has 0 saturated carbocycles. The molecular weight excluding hydrogens is 406 g/mol. The summed E-state index contributed by atoms with van der Waals surface area (Å²) in [5.41, 5.74) is 2.59. The highest BCUT2D eigenvalue weighted by Gasteiger charge is 2.14. The molecule has 30 heavy (non-hydrogen) atoms. The fourth-order valence-corrected chi connectivity index (χ4v) is 3.35. The Balaban J connectivity index is 1.43. The predicted molar refractivity (Wildman–Crippen MR) is 112 cm³/mol. The molecule has 2 aromatic heterocycles. The SMILES string of the molecule is COc1ccc(-c2nc3ccc(C(=O)OCC(=O)Nc4nnc(C)s4)cc3[nH]2)cc1. The molecule has 4 rings (SSSR count). The van der Waals surface area contributed by atoms with Crippen molar-refractivity contribution in [3.8, 4) is 17.1 Å². The molecule has 0 saturated heterocycles. The average molecular weight is 423 g/mol. The number of hydrogen-bond acceptors (Lipinski definition) is 8. The lowest BCUT2D eigenvalue weighted by Gasteiger charge is -2.04. The quantitative estimate of drug-likeness (QED) is 0.457. The molecule has 2 aromatic carbocycles. The second-order valence-electron chi connectivity index (χ2n) is 6.30. The molecule has 2 N–H and O–H groups in total. The van der Waals surface area contributed by atoms with Crippen molar-refractivity contribution >= 4 is 39.4 Å². The lowest BCUT2D eigenvalue weighted by molar-refractivity contribution is -0.119. The molecule has 4 aromatic rings. The molecule has 0 aliphatic carbocycles. The van der Waals surface area contributed by atoms with Crippen molar-refractivity contribution in [2.45, 2.75) is 6.92 Å². The van der Waals surface area contributed by atoms with Gasteiger partial charge >= 0.3 is 5.97 Å². The number of aryl methyl sites for hydroxylation is 1. The van der Waals surface area contributed by atoms with Crippen molar-refractivity contribution in [1.82, 2.24) is 20.2 Å². The average Bonchev–Trinajstić information content (AvgIpc) is 3.37. The van der Waals surface area contributed by atoms with Crippen LogP contribution in [0.25, 0.3) is 22.4 Å². The number of nitrogens with zero attached hydrogens (tertiary/aromatic N) is 3. The summed E-state index contributed by atoms with van der Waals surface area (Å²) >= 11 is 1.24. The minimum Gasteiger partial charge on any atom is -0.497 e. The van der Waals surface area contributed by atoms with Crippen molar-refractivity contribution in [1.29, 1.82) is 0 Å². The first kappa shape index (κ1) is 19.5. The number of ether oxygens (including phenoxy) is 2. The Morgan fingerprint density at radius 1 is 1.13 bits per heavy atom. The highest BCUT2D eigenvalue weighted by molar-refractivity contribution is 7.15. The maximum absolute atomic E-state index is 12.3. The van der Waals surface area contributed by atoms with Crippen molar-refractivity contribution in [2.75, 3.05) is 19.0 Å². The Morgan fingerprint density at radius 3 is 2.63 bits per heavy atom. The second kappa shape index (κ2) is 8.29. The molecule has 0 spiro atoms. The van der Waals surface area contributed by atoms with Gasteiger partial charge in [-0.15, -0.1) is 10.2 Å². The van der Waals surface area contributed by atoms with Gasteiger partial charge in [0.2, 0.25) is 5.13 Å². The summed E-state index contributed by atoms with van der Waals surface area (Å²) in [7, 11) is 1.61. The van der Waals surface area contributed by atoms with Gasteiger partial charge in [0, 0.05) is 5.56 Å². The largest absolute Gasteiger partial charge is 0.497 e. The summed E-state index contributed by atoms with van der Waals surface area (Å²) in [6.45, 7) is 1.36. The van der Waals surface area contributed by atoms with E-state index in [-0.39, 0.29) is 0 Å². The van der Waals surface area contributed by atoms with E-state index in [9.17, 15) is 9.59 Å². The van der Waals surface area contributed by atoms with Gasteiger partial charge in [-0.1, -0.05) is 11.3 Å². The lowest BCUT2D eigenvalue weighted by Crippen LogP contribution is -2.20. The maximum atomic E-state index is 12.3. The Kier molecular flexibility index (Phi) is 5.40. The van der Waals surface area contributed by atoms with E-state index in [1.807, 2.05) is 24.3 Å². The maximum Gasteiger partial charge on any atom is 0.338 e. The topological polar surface area (TPSA) is 119 Å². The normalized spacial score (nSPS) is 10.7. The highest BCUT2D eigenvalue weighted by Crippen LogP contribution is 2.23. The minimum atomic E-state index is -0.610. The molecule has 0 unspecified atom stereocenters. The van der Waals surface area contributed by atoms with Gasteiger partial charge in [0.05, 0.1) is 23.7 Å². The zero-order valence-electron chi connectivity index (χ0n) is 16.1. The molecule has 1 amide bonds. The minimum absolute atomic E-state index is 0.312. The van der Waals surface area contributed by atoms with Gasteiger partial charge in [-0.05, 0) is 49.4 Å². The molecule has 0 radical (unpaired) electrons. The number of rotatable bonds is 6. The van der Waals surface area contributed by atoms with Crippen LogP contribution in [-0.4, -0.2) is 45.8 Å². The van der Waals surface area contributed by atoms with E-state index in [1.54, 1.807) is 32.2 Å². The third-order valence-corrected chi connectivity index (χ3v) is 4.94. The fourth-order valence-electron chi connectivity index (χ4n) is 2.74. The monoisotopic (exact) mass is 423 g/mol. The molecule has 2 heterocycles. The summed E-state index contributed by atoms with van der Waals surface area (Å²) in [4.78, 5) is 32.0. The van der Waals surface area contributed by atoms with Crippen molar-refractivity contribution in [3.05, 3.63) is 53.0 Å². The number of imidazole rings is 1. The number of methoxy groups -OCH3 is 1. The van der Waals surface area contributed by atoms with Gasteiger partial charge in [-0.2, -0.15) is 0 Å². The summed E-state index contributed by atoms with van der Waals surface area (Å²) in [6, 6.07) is 12.4. The standard InChI is InChI=1S/C20H17N5O4S/c1-11-24-25-20(30-11)23-17(26)10-29-19(27)13-5-8-15-16(9-13)22-18(21-15)12-3-6-14(28-2)7-4-12/h3-9H,10H2,1-2H3,(H,21,22)(H,23,25,26). The first-order chi connectivity index (χ1) is 14.5. The number of fused-ring (bicyclic) bond motifs is 1. The Bertz CT molecular complexity index is 1220. The van der Waals surface area contributed by atoms with Gasteiger partial charge in [-0.3, -0.25) is 10.1 Å². The van der Waals surface area contributed by atoms with Gasteiger partial charge in [0.15, 0.2) is 6.61 Å². The van der Waals surface area contributed by atoms with Gasteiger partial charge in [0.1, 0.15) is 16.6 Å². The van der Waals surface area contributed by atoms with Crippen LogP contribution in [0, 0.1) is 6.92 Å². The number of carbonyl (C=O) groups excluding carboxylic acids is 2. The molecule has 9 nitrogen and oxygen atoms in total. The summed E-state index contributed by atoms with van der Waals surface area (Å²) < 4.78 is 10.3. The first-order valence-corrected chi connectivity index (χ1v) is 9.75. The third kappa shape index (κ3) is 4.28. The van der Waals surface area contributed by atoms with Crippen LogP contribution >= 0.6 is 11.3 Å². The fraction of sp³-hybridized carbons (Fsp3) is 0.150. The molecule has 152 valence electrons. The van der Waals surface area contributed by atoms with E-state index in [0.717, 1.165) is 16.3 Å². The number of aromatic nitrogens is 4. The van der Waals surface area contributed by atoms with E-state index in [2.05, 4.69) is 25.5 Å². The van der Waals surface area contributed by atoms with Crippen LogP contribution in [0.2, 0.25) is 0 Å². The van der Waals surface area contributed by atoms with Gasteiger partial charge < -0.3 is 14.5 Å². The third-order valence-electron chi connectivity index (χ3n) is 4.19. The van der Waals surface area contributed by atoms with Gasteiger partial charge in [-0.25, -0.2) is 9.78 Å². The summed E-state index contributed by atoms with van der Waals surface area (Å²) in [6.07, 6.45) is 0. The molecule has 0 atom stereocenters. The van der Waals surface area contributed by atoms with Crippen LogP contribution in [0.15, 0.2) is 42.5 Å².